The molecule has 778 valence electrons. The number of nitrogens with one attached hydrogen (secondary N) is 7. The SMILES string of the molecule is Clc1ccc(OCC2CNCC(COc3ccc(Br)cc3)C2c2cscn2)cc1.Cn1cncc1C1C(COCC2CCCCC2)CNCC1COc1ccccc1.FC(F)(F)c1ccc(COCC2CNCC(COc3ccc(C(F)(F)F)cc3)C2c2cn[nH]n2)cc1.OCC1CNCC(COc2cccnc2)C1(F)c1coc(F)c1.c1ccc(OCC2CNCC(COCc3cccnc3)C2C2CCON2)cc1. The zero-order chi connectivity index (χ0) is 101. The van der Waals surface area contributed by atoms with Crippen molar-refractivity contribution in [3.63, 3.8) is 0 Å². The van der Waals surface area contributed by atoms with Crippen LogP contribution >= 0.6 is 38.9 Å². The van der Waals surface area contributed by atoms with Crippen LogP contribution in [0.3, 0.4) is 0 Å². The lowest BCUT2D eigenvalue weighted by molar-refractivity contribution is -0.138. The van der Waals surface area contributed by atoms with Crippen molar-refractivity contribution in [2.24, 2.45) is 78.1 Å². The molecule has 7 fully saturated rings. The van der Waals surface area contributed by atoms with Gasteiger partial charge >= 0.3 is 12.4 Å². The highest BCUT2D eigenvalue weighted by Gasteiger charge is 2.52. The first-order chi connectivity index (χ1) is 70.6. The van der Waals surface area contributed by atoms with Crippen LogP contribution in [0.1, 0.15) is 101 Å². The first-order valence-electron chi connectivity index (χ1n) is 49.5. The number of hydrogen-bond donors (Lipinski definition) is 8. The molecule has 19 rings (SSSR count). The molecule has 0 radical (unpaired) electrons. The van der Waals surface area contributed by atoms with Crippen molar-refractivity contribution in [1.29, 1.82) is 0 Å². The third-order valence-electron chi connectivity index (χ3n) is 27.9. The molecule has 6 aromatic heterocycles. The van der Waals surface area contributed by atoms with Crippen LogP contribution in [0.5, 0.6) is 34.5 Å². The molecular weight excluding hydrogens is 1980 g/mol. The summed E-state index contributed by atoms with van der Waals surface area (Å²) in [5.74, 6) is 7.00. The van der Waals surface area contributed by atoms with Gasteiger partial charge in [-0.1, -0.05) is 101 Å². The van der Waals surface area contributed by atoms with E-state index in [4.69, 9.17) is 59.1 Å². The second-order valence-corrected chi connectivity index (χ2v) is 39.9. The van der Waals surface area contributed by atoms with Crippen LogP contribution in [0, 0.1) is 77.0 Å². The Morgan fingerprint density at radius 2 is 0.979 bits per heavy atom. The number of alkyl halides is 7. The number of furan rings is 1. The number of nitrogens with zero attached hydrogens (tertiary/aromatic N) is 7. The van der Waals surface area contributed by atoms with Crippen molar-refractivity contribution in [2.75, 3.05) is 145 Å². The molecule has 0 amide bonds. The van der Waals surface area contributed by atoms with Crippen LogP contribution in [0.4, 0.5) is 35.1 Å². The standard InChI is InChI=1S/C24H24F6N4O2.C24H35N3O2.C22H22BrClN2O2S.C22H29N3O3.C16H18F2N2O3/c25-23(26,27)18-3-1-15(2-4-18)12-35-13-16-9-31-10-17(22(16)21-11-32-34-33-21)14-36-20-7-5-19(6-8-20)24(28,29)30;1-27-18-26-14-23(27)24-20(16-28-15-19-8-4-2-5-9-19)12-25-13-21(24)17-29-22-10-6-3-7-11-22;23-17-1-5-19(6-2-17)27-11-15-9-25-10-16(22(15)21-13-29-14-26-21)12-28-20-7-3-18(24)4-8-20;1-2-6-20(7-3-1)27-16-19-13-24-12-18(22(19)21-8-10-28-25-21)15-26-14-17-5-4-9-23-11-17;17-15-4-11(9-23-15)16(18)12(8-21)5-20-6-13(16)10-22-14-2-1-3-19-7-14/h1-8,11,16-17,22,31H,9-10,12-14H2,(H,32,33,34);3,6-7,10-11,14,18-21,24-25H,2,4-5,8-9,12-13,15-17H2,1H3;1-8,13-16,22,25H,9-12H2;1-7,9,11,18-19,21-22,24-25H,8,10,12-16H2;1-4,7,9,12-13,20-21H,5-6,8,10H2. The van der Waals surface area contributed by atoms with Crippen LogP contribution in [-0.2, 0) is 57.3 Å². The number of aromatic amines is 1. The summed E-state index contributed by atoms with van der Waals surface area (Å²) in [7, 11) is 2.10. The van der Waals surface area contributed by atoms with Crippen molar-refractivity contribution in [3.05, 3.63) is 309 Å². The summed E-state index contributed by atoms with van der Waals surface area (Å²) in [6.07, 6.45) is 12.5. The lowest BCUT2D eigenvalue weighted by atomic mass is 9.72. The maximum absolute atomic E-state index is 15.8. The molecule has 26 nitrogen and oxygen atoms in total. The molecule has 145 heavy (non-hydrogen) atoms. The average Bonchev–Trinajstić information content (AvgIpc) is 1.33. The predicted molar refractivity (Wildman–Crippen MR) is 538 cm³/mol. The highest BCUT2D eigenvalue weighted by molar-refractivity contribution is 9.10. The minimum Gasteiger partial charge on any atom is -0.493 e. The smallest absolute Gasteiger partial charge is 0.416 e. The van der Waals surface area contributed by atoms with Gasteiger partial charge in [-0.05, 0) is 176 Å². The number of hydroxylamine groups is 1. The van der Waals surface area contributed by atoms with Gasteiger partial charge in [-0.15, -0.1) is 11.3 Å². The normalized spacial score (nSPS) is 24.4. The van der Waals surface area contributed by atoms with Crippen molar-refractivity contribution < 1.29 is 92.1 Å². The van der Waals surface area contributed by atoms with E-state index in [-0.39, 0.29) is 55.7 Å². The fourth-order valence-corrected chi connectivity index (χ4v) is 21.5. The van der Waals surface area contributed by atoms with Gasteiger partial charge in [-0.25, -0.2) is 14.4 Å². The molecule has 0 spiro atoms. The van der Waals surface area contributed by atoms with E-state index in [1.54, 1.807) is 42.1 Å². The lowest BCUT2D eigenvalue weighted by Crippen LogP contribution is -2.55. The number of ether oxygens (including phenoxy) is 9. The van der Waals surface area contributed by atoms with E-state index in [1.165, 1.54) is 68.3 Å². The lowest BCUT2D eigenvalue weighted by Gasteiger charge is -2.42. The molecule has 8 N–H and O–H groups in total. The van der Waals surface area contributed by atoms with Crippen molar-refractivity contribution in [3.8, 4) is 34.5 Å². The van der Waals surface area contributed by atoms with E-state index in [1.807, 2.05) is 146 Å². The second kappa shape index (κ2) is 55.5. The number of pyridine rings is 2. The van der Waals surface area contributed by atoms with Gasteiger partial charge in [0.15, 0.2) is 5.67 Å². The molecule has 16 unspecified atom stereocenters. The van der Waals surface area contributed by atoms with Crippen LogP contribution in [0.15, 0.2) is 258 Å². The molecule has 16 atom stereocenters. The largest absolute Gasteiger partial charge is 0.493 e. The number of aromatic nitrogens is 8. The fraction of sp³-hybridized carbons (Fsp3) is 0.463. The van der Waals surface area contributed by atoms with Gasteiger partial charge in [0.05, 0.1) is 133 Å². The summed E-state index contributed by atoms with van der Waals surface area (Å²) in [6, 6.07) is 52.9. The molecule has 37 heteroatoms. The molecule has 12 aromatic rings. The Hall–Kier alpha value is -10.6. The summed E-state index contributed by atoms with van der Waals surface area (Å²) >= 11 is 11.1. The van der Waals surface area contributed by atoms with Crippen LogP contribution < -0.4 is 60.5 Å². The van der Waals surface area contributed by atoms with E-state index in [0.29, 0.717) is 154 Å². The van der Waals surface area contributed by atoms with Crippen molar-refractivity contribution in [1.82, 2.24) is 72.0 Å². The highest BCUT2D eigenvalue weighted by Crippen LogP contribution is 2.46. The number of piperidine rings is 5. The van der Waals surface area contributed by atoms with Gasteiger partial charge in [0.25, 0.3) is 6.01 Å². The minimum absolute atomic E-state index is 0.0421. The van der Waals surface area contributed by atoms with Crippen LogP contribution in [0.2, 0.25) is 5.02 Å². The van der Waals surface area contributed by atoms with Gasteiger partial charge in [0, 0.05) is 213 Å². The number of benzene rings is 6. The number of aliphatic hydroxyl groups is 1. The number of hydrogen-bond acceptors (Lipinski definition) is 25. The Kier molecular flexibility index (Phi) is 41.6. The molecule has 1 saturated carbocycles. The number of thiazole rings is 1. The molecule has 6 aliphatic heterocycles. The molecule has 6 saturated heterocycles. The third kappa shape index (κ3) is 32.2. The summed E-state index contributed by atoms with van der Waals surface area (Å²) in [6.45, 7) is 14.3. The van der Waals surface area contributed by atoms with Gasteiger partial charge in [-0.3, -0.25) is 9.97 Å². The van der Waals surface area contributed by atoms with Crippen molar-refractivity contribution in [2.45, 2.75) is 93.6 Å². The molecule has 6 aromatic carbocycles. The Labute approximate surface area is 857 Å². The highest BCUT2D eigenvalue weighted by atomic mass is 79.9. The Morgan fingerprint density at radius 1 is 0.490 bits per heavy atom. The zero-order valence-corrected chi connectivity index (χ0v) is 84.0. The number of aryl methyl sites for hydroxylation is 1. The van der Waals surface area contributed by atoms with Gasteiger partial charge in [0.1, 0.15) is 40.8 Å². The van der Waals surface area contributed by atoms with E-state index in [9.17, 15) is 35.8 Å². The van der Waals surface area contributed by atoms with E-state index in [0.717, 1.165) is 147 Å². The quantitative estimate of drug-likeness (QED) is 0.0169. The van der Waals surface area contributed by atoms with Crippen LogP contribution in [-0.4, -0.2) is 196 Å². The molecule has 1 aliphatic carbocycles. The number of rotatable bonds is 36. The van der Waals surface area contributed by atoms with Crippen LogP contribution in [0.25, 0.3) is 0 Å². The minimum atomic E-state index is -4.42. The number of H-pyrrole nitrogens is 1. The molecular formula is C108H128BrClF8N14O12S. The first-order valence-corrected chi connectivity index (χ1v) is 51.7. The monoisotopic (exact) mass is 2110 g/mol. The van der Waals surface area contributed by atoms with E-state index >= 15 is 4.39 Å². The fourth-order valence-electron chi connectivity index (χ4n) is 20.5. The Bertz CT molecular complexity index is 5580. The molecule has 0 bridgehead atoms. The van der Waals surface area contributed by atoms with E-state index in [2.05, 4.69) is 105 Å². The first kappa shape index (κ1) is 109. The van der Waals surface area contributed by atoms with E-state index < -0.39 is 47.0 Å². The maximum atomic E-state index is 15.8. The average molecular weight is 2110 g/mol. The topological polar surface area (TPSA) is 296 Å². The zero-order valence-electron chi connectivity index (χ0n) is 80.9. The summed E-state index contributed by atoms with van der Waals surface area (Å²) in [5, 5.41) is 40.3. The number of halogens is 10. The van der Waals surface area contributed by atoms with Gasteiger partial charge in [-0.2, -0.15) is 51.6 Å². The summed E-state index contributed by atoms with van der Waals surface area (Å²) in [4.78, 5) is 22.6. The Morgan fingerprint density at radius 3 is 1.50 bits per heavy atom. The second-order valence-electron chi connectivity index (χ2n) is 37.8. The summed E-state index contributed by atoms with van der Waals surface area (Å²) < 4.78 is 168. The maximum Gasteiger partial charge on any atom is 0.416 e. The Balaban J connectivity index is 0.000000137. The van der Waals surface area contributed by atoms with Gasteiger partial charge < -0.3 is 88.1 Å². The molecule has 12 heterocycles. The number of aliphatic hydroxyl groups excluding tert-OH is 1. The molecule has 7 aliphatic rings. The third-order valence-corrected chi connectivity index (χ3v) is 29.3. The van der Waals surface area contributed by atoms with Gasteiger partial charge in [0.2, 0.25) is 0 Å². The number of imidazole rings is 1. The summed E-state index contributed by atoms with van der Waals surface area (Å²) in [5.41, 5.74) is 6.69. The van der Waals surface area contributed by atoms with Crippen molar-refractivity contribution >= 4 is 38.9 Å². The predicted octanol–water partition coefficient (Wildman–Crippen LogP) is 19.0. The number of para-hydroxylation sites is 2.